The first-order chi connectivity index (χ1) is 11.0. The van der Waals surface area contributed by atoms with Gasteiger partial charge in [-0.1, -0.05) is 11.6 Å². The van der Waals surface area contributed by atoms with Gasteiger partial charge in [-0.2, -0.15) is 13.9 Å². The fraction of sp³-hybridized carbons (Fsp3) is 0.133. The van der Waals surface area contributed by atoms with Gasteiger partial charge in [0.1, 0.15) is 17.1 Å². The van der Waals surface area contributed by atoms with Gasteiger partial charge in [-0.25, -0.2) is 9.67 Å². The zero-order valence-electron chi connectivity index (χ0n) is 11.8. The quantitative estimate of drug-likeness (QED) is 0.537. The molecule has 0 radical (unpaired) electrons. The van der Waals surface area contributed by atoms with Gasteiger partial charge in [0.05, 0.1) is 11.2 Å². The number of carbonyl (C=O) groups is 1. The third-order valence-electron chi connectivity index (χ3n) is 3.28. The Hall–Kier alpha value is -2.54. The minimum atomic E-state index is -3.02. The second kappa shape index (κ2) is 5.92. The van der Waals surface area contributed by atoms with Crippen LogP contribution in [0.5, 0.6) is 5.75 Å². The molecule has 0 aliphatic carbocycles. The van der Waals surface area contributed by atoms with Crippen LogP contribution in [0, 0.1) is 6.92 Å². The van der Waals surface area contributed by atoms with E-state index in [1.807, 2.05) is 0 Å². The Morgan fingerprint density at radius 2 is 2.13 bits per heavy atom. The lowest BCUT2D eigenvalue weighted by Crippen LogP contribution is -2.07. The number of nitrogens with zero attached hydrogens (tertiary/aromatic N) is 3. The summed E-state index contributed by atoms with van der Waals surface area (Å²) in [5.74, 6) is -0.151. The summed E-state index contributed by atoms with van der Waals surface area (Å²) in [4.78, 5) is 14.9. The van der Waals surface area contributed by atoms with Crippen LogP contribution >= 0.6 is 11.6 Å². The minimum Gasteiger partial charge on any atom is -0.432 e. The van der Waals surface area contributed by atoms with E-state index in [0.29, 0.717) is 17.5 Å². The van der Waals surface area contributed by atoms with Gasteiger partial charge < -0.3 is 4.74 Å². The van der Waals surface area contributed by atoms with Crippen LogP contribution in [0.25, 0.3) is 16.6 Å². The zero-order chi connectivity index (χ0) is 16.6. The second-order valence-electron chi connectivity index (χ2n) is 4.74. The van der Waals surface area contributed by atoms with E-state index in [9.17, 15) is 13.6 Å². The van der Waals surface area contributed by atoms with Crippen molar-refractivity contribution in [2.45, 2.75) is 13.5 Å². The smallest absolute Gasteiger partial charge is 0.387 e. The maximum Gasteiger partial charge on any atom is 0.387 e. The van der Waals surface area contributed by atoms with Crippen molar-refractivity contribution in [3.8, 4) is 11.4 Å². The summed E-state index contributed by atoms with van der Waals surface area (Å²) in [6.07, 6.45) is 2.11. The highest BCUT2D eigenvalue weighted by atomic mass is 35.5. The number of aromatic nitrogens is 3. The summed E-state index contributed by atoms with van der Waals surface area (Å²) in [6, 6.07) is 5.80. The van der Waals surface area contributed by atoms with Crippen LogP contribution in [-0.4, -0.2) is 27.7 Å². The molecule has 0 saturated heterocycles. The van der Waals surface area contributed by atoms with Crippen molar-refractivity contribution < 1.29 is 18.3 Å². The summed E-state index contributed by atoms with van der Waals surface area (Å²) in [5, 5.41) is 5.31. The first kappa shape index (κ1) is 15.4. The lowest BCUT2D eigenvalue weighted by Gasteiger charge is -2.12. The molecule has 3 rings (SSSR count). The number of alkyl halides is 2. The molecular formula is C15H10ClF2N3O2. The first-order valence-corrected chi connectivity index (χ1v) is 6.92. The van der Waals surface area contributed by atoms with Crippen molar-refractivity contribution in [3.63, 3.8) is 0 Å². The molecule has 23 heavy (non-hydrogen) atoms. The maximum absolute atomic E-state index is 12.7. The van der Waals surface area contributed by atoms with Gasteiger partial charge in [-0.15, -0.1) is 0 Å². The Kier molecular flexibility index (Phi) is 3.96. The van der Waals surface area contributed by atoms with Crippen molar-refractivity contribution in [2.24, 2.45) is 0 Å². The third-order valence-corrected chi connectivity index (χ3v) is 3.49. The normalized spacial score (nSPS) is 11.2. The highest BCUT2D eigenvalue weighted by Crippen LogP contribution is 2.30. The van der Waals surface area contributed by atoms with Gasteiger partial charge >= 0.3 is 6.61 Å². The fourth-order valence-electron chi connectivity index (χ4n) is 2.28. The highest BCUT2D eigenvalue weighted by molar-refractivity contribution is 6.30. The molecule has 0 spiro atoms. The molecule has 0 saturated carbocycles. The molecule has 0 atom stereocenters. The second-order valence-corrected chi connectivity index (χ2v) is 5.13. The van der Waals surface area contributed by atoms with Crippen molar-refractivity contribution in [1.82, 2.24) is 14.8 Å². The standard InChI is InChI=1S/C15H10ClF2N3O2/c1-8-10-6-19-14(16)5-12(10)21(20-8)11-3-2-9(7-22)4-13(11)23-15(17)18/h2-7,15H,1H3. The number of aryl methyl sites for hydroxylation is 1. The molecule has 0 aliphatic rings. The number of fused-ring (bicyclic) bond motifs is 1. The summed E-state index contributed by atoms with van der Waals surface area (Å²) in [7, 11) is 0. The molecule has 0 N–H and O–H groups in total. The number of rotatable bonds is 4. The van der Waals surface area contributed by atoms with Gasteiger partial charge in [0.25, 0.3) is 0 Å². The minimum absolute atomic E-state index is 0.151. The van der Waals surface area contributed by atoms with Crippen molar-refractivity contribution in [1.29, 1.82) is 0 Å². The van der Waals surface area contributed by atoms with E-state index in [4.69, 9.17) is 11.6 Å². The Bertz CT molecular complexity index is 896. The molecule has 118 valence electrons. The number of halogens is 3. The average Bonchev–Trinajstić information content (AvgIpc) is 2.83. The number of pyridine rings is 1. The fourth-order valence-corrected chi connectivity index (χ4v) is 2.44. The molecule has 1 aromatic carbocycles. The van der Waals surface area contributed by atoms with Gasteiger partial charge in [0.2, 0.25) is 0 Å². The topological polar surface area (TPSA) is 57.0 Å². The van der Waals surface area contributed by atoms with E-state index in [-0.39, 0.29) is 22.2 Å². The molecule has 0 bridgehead atoms. The lowest BCUT2D eigenvalue weighted by atomic mass is 10.2. The molecule has 3 aromatic rings. The Balaban J connectivity index is 2.25. The number of hydrogen-bond acceptors (Lipinski definition) is 4. The van der Waals surface area contributed by atoms with E-state index < -0.39 is 6.61 Å². The molecule has 0 unspecified atom stereocenters. The number of aldehydes is 1. The van der Waals surface area contributed by atoms with Crippen molar-refractivity contribution in [2.75, 3.05) is 0 Å². The van der Waals surface area contributed by atoms with Crippen LogP contribution in [0.1, 0.15) is 16.1 Å². The van der Waals surface area contributed by atoms with Crippen LogP contribution in [0.4, 0.5) is 8.78 Å². The van der Waals surface area contributed by atoms with Gasteiger partial charge in [0, 0.05) is 23.2 Å². The molecule has 0 fully saturated rings. The van der Waals surface area contributed by atoms with Crippen molar-refractivity contribution >= 4 is 28.8 Å². The van der Waals surface area contributed by atoms with Crippen LogP contribution < -0.4 is 4.74 Å². The Morgan fingerprint density at radius 3 is 2.83 bits per heavy atom. The van der Waals surface area contributed by atoms with Crippen LogP contribution in [-0.2, 0) is 0 Å². The van der Waals surface area contributed by atoms with Crippen LogP contribution in [0.2, 0.25) is 5.15 Å². The van der Waals surface area contributed by atoms with Crippen LogP contribution in [0.3, 0.4) is 0 Å². The molecule has 0 amide bonds. The number of benzene rings is 1. The summed E-state index contributed by atoms with van der Waals surface area (Å²) < 4.78 is 31.3. The Labute approximate surface area is 134 Å². The molecule has 2 heterocycles. The summed E-state index contributed by atoms with van der Waals surface area (Å²) >= 11 is 5.91. The first-order valence-electron chi connectivity index (χ1n) is 6.55. The Morgan fingerprint density at radius 1 is 1.35 bits per heavy atom. The number of carbonyl (C=O) groups excluding carboxylic acids is 1. The molecular weight excluding hydrogens is 328 g/mol. The largest absolute Gasteiger partial charge is 0.432 e. The van der Waals surface area contributed by atoms with Crippen molar-refractivity contribution in [3.05, 3.63) is 46.9 Å². The van der Waals surface area contributed by atoms with E-state index in [2.05, 4.69) is 14.8 Å². The monoisotopic (exact) mass is 337 g/mol. The zero-order valence-corrected chi connectivity index (χ0v) is 12.6. The predicted octanol–water partition coefficient (Wildman–Crippen LogP) is 3.80. The predicted molar refractivity (Wildman–Crippen MR) is 80.6 cm³/mol. The lowest BCUT2D eigenvalue weighted by molar-refractivity contribution is -0.0499. The van der Waals surface area contributed by atoms with E-state index in [1.165, 1.54) is 22.9 Å². The third kappa shape index (κ3) is 2.87. The molecule has 0 aliphatic heterocycles. The molecule has 8 heteroatoms. The van der Waals surface area contributed by atoms with Gasteiger partial charge in [0.15, 0.2) is 5.75 Å². The van der Waals surface area contributed by atoms with Crippen LogP contribution in [0.15, 0.2) is 30.5 Å². The van der Waals surface area contributed by atoms with Gasteiger partial charge in [-0.05, 0) is 25.1 Å². The summed E-state index contributed by atoms with van der Waals surface area (Å²) in [5.41, 5.74) is 1.75. The number of hydrogen-bond donors (Lipinski definition) is 0. The maximum atomic E-state index is 12.7. The molecule has 5 nitrogen and oxygen atoms in total. The SMILES string of the molecule is Cc1nn(-c2ccc(C=O)cc2OC(F)F)c2cc(Cl)ncc12. The van der Waals surface area contributed by atoms with Gasteiger partial charge in [-0.3, -0.25) is 4.79 Å². The van der Waals surface area contributed by atoms with E-state index in [1.54, 1.807) is 19.2 Å². The number of ether oxygens (including phenoxy) is 1. The van der Waals surface area contributed by atoms with E-state index in [0.717, 1.165) is 5.39 Å². The summed E-state index contributed by atoms with van der Waals surface area (Å²) in [6.45, 7) is -1.26. The van der Waals surface area contributed by atoms with E-state index >= 15 is 0 Å². The molecule has 2 aromatic heterocycles. The average molecular weight is 338 g/mol. The highest BCUT2D eigenvalue weighted by Gasteiger charge is 2.17.